The molecule has 2 heterocycles. The average molecular weight is 228 g/mol. The lowest BCUT2D eigenvalue weighted by molar-refractivity contribution is 0.0216. The van der Waals surface area contributed by atoms with Crippen LogP contribution in [0.1, 0.15) is 26.2 Å². The first-order valence-electron chi connectivity index (χ1n) is 6.33. The third-order valence-electron chi connectivity index (χ3n) is 4.01. The summed E-state index contributed by atoms with van der Waals surface area (Å²) in [6.07, 6.45) is 3.12. The summed E-state index contributed by atoms with van der Waals surface area (Å²) < 4.78 is 5.24. The second-order valence-electron chi connectivity index (χ2n) is 5.46. The van der Waals surface area contributed by atoms with E-state index in [1.165, 1.54) is 12.8 Å². The van der Waals surface area contributed by atoms with Crippen molar-refractivity contribution in [2.75, 3.05) is 33.4 Å². The molecule has 0 saturated carbocycles. The highest BCUT2D eigenvalue weighted by Gasteiger charge is 2.33. The lowest BCUT2D eigenvalue weighted by Gasteiger charge is -2.36. The van der Waals surface area contributed by atoms with Crippen molar-refractivity contribution < 1.29 is 9.84 Å². The Morgan fingerprint density at radius 1 is 1.56 bits per heavy atom. The predicted octanol–water partition coefficient (Wildman–Crippen LogP) is 0.210. The maximum Gasteiger partial charge on any atom is 0.102 e. The molecule has 0 amide bonds. The highest BCUT2D eigenvalue weighted by molar-refractivity contribution is 4.88. The van der Waals surface area contributed by atoms with Crippen molar-refractivity contribution in [3.05, 3.63) is 0 Å². The number of ether oxygens (including phenoxy) is 1. The van der Waals surface area contributed by atoms with E-state index in [9.17, 15) is 5.11 Å². The molecule has 16 heavy (non-hydrogen) atoms. The van der Waals surface area contributed by atoms with Crippen molar-refractivity contribution in [1.29, 1.82) is 0 Å². The molecule has 4 heteroatoms. The Bertz CT molecular complexity index is 229. The van der Waals surface area contributed by atoms with Crippen molar-refractivity contribution in [1.82, 2.24) is 10.2 Å². The fourth-order valence-electron chi connectivity index (χ4n) is 2.55. The SMILES string of the molecule is CC1CC(NCC2(O)CCOC2)CCN1C. The maximum atomic E-state index is 10.1. The van der Waals surface area contributed by atoms with Gasteiger partial charge in [0.2, 0.25) is 0 Å². The van der Waals surface area contributed by atoms with Crippen LogP contribution in [-0.2, 0) is 4.74 Å². The molecule has 0 spiro atoms. The van der Waals surface area contributed by atoms with E-state index < -0.39 is 5.60 Å². The van der Waals surface area contributed by atoms with Crippen LogP contribution in [0.2, 0.25) is 0 Å². The molecule has 2 aliphatic rings. The van der Waals surface area contributed by atoms with Crippen molar-refractivity contribution in [3.8, 4) is 0 Å². The molecule has 0 aliphatic carbocycles. The molecule has 0 bridgehead atoms. The average Bonchev–Trinajstić information content (AvgIpc) is 2.68. The molecule has 94 valence electrons. The van der Waals surface area contributed by atoms with Gasteiger partial charge in [-0.05, 0) is 33.4 Å². The smallest absolute Gasteiger partial charge is 0.102 e. The minimum atomic E-state index is -0.618. The Kier molecular flexibility index (Phi) is 3.85. The minimum absolute atomic E-state index is 0.488. The van der Waals surface area contributed by atoms with Crippen LogP contribution >= 0.6 is 0 Å². The molecule has 2 aliphatic heterocycles. The van der Waals surface area contributed by atoms with Crippen LogP contribution in [-0.4, -0.2) is 61.0 Å². The standard InChI is InChI=1S/C12H24N2O2/c1-10-7-11(3-5-14(10)2)13-8-12(15)4-6-16-9-12/h10-11,13,15H,3-9H2,1-2H3. The van der Waals surface area contributed by atoms with Crippen LogP contribution in [0.4, 0.5) is 0 Å². The predicted molar refractivity (Wildman–Crippen MR) is 63.5 cm³/mol. The maximum absolute atomic E-state index is 10.1. The topological polar surface area (TPSA) is 44.7 Å². The van der Waals surface area contributed by atoms with Crippen molar-refractivity contribution >= 4 is 0 Å². The van der Waals surface area contributed by atoms with Crippen LogP contribution in [0.25, 0.3) is 0 Å². The van der Waals surface area contributed by atoms with Crippen LogP contribution < -0.4 is 5.32 Å². The van der Waals surface area contributed by atoms with E-state index in [0.717, 1.165) is 13.0 Å². The first kappa shape index (κ1) is 12.3. The van der Waals surface area contributed by atoms with Gasteiger partial charge in [-0.2, -0.15) is 0 Å². The Morgan fingerprint density at radius 2 is 2.38 bits per heavy atom. The van der Waals surface area contributed by atoms with Gasteiger partial charge in [0, 0.05) is 31.7 Å². The summed E-state index contributed by atoms with van der Waals surface area (Å²) in [5.74, 6) is 0. The quantitative estimate of drug-likeness (QED) is 0.725. The summed E-state index contributed by atoms with van der Waals surface area (Å²) >= 11 is 0. The van der Waals surface area contributed by atoms with Gasteiger partial charge in [0.25, 0.3) is 0 Å². The van der Waals surface area contributed by atoms with Gasteiger partial charge in [0.1, 0.15) is 5.60 Å². The lowest BCUT2D eigenvalue weighted by Crippen LogP contribution is -2.50. The van der Waals surface area contributed by atoms with Gasteiger partial charge in [-0.25, -0.2) is 0 Å². The van der Waals surface area contributed by atoms with Crippen LogP contribution in [0.3, 0.4) is 0 Å². The number of nitrogens with one attached hydrogen (secondary N) is 1. The largest absolute Gasteiger partial charge is 0.386 e. The summed E-state index contributed by atoms with van der Waals surface area (Å²) in [4.78, 5) is 2.39. The zero-order valence-electron chi connectivity index (χ0n) is 10.4. The van der Waals surface area contributed by atoms with E-state index in [1.54, 1.807) is 0 Å². The van der Waals surface area contributed by atoms with Crippen LogP contribution in [0, 0.1) is 0 Å². The third-order valence-corrected chi connectivity index (χ3v) is 4.01. The number of nitrogens with zero attached hydrogens (tertiary/aromatic N) is 1. The van der Waals surface area contributed by atoms with Gasteiger partial charge in [-0.15, -0.1) is 0 Å². The molecule has 0 radical (unpaired) electrons. The second-order valence-corrected chi connectivity index (χ2v) is 5.46. The number of hydrogen-bond acceptors (Lipinski definition) is 4. The lowest BCUT2D eigenvalue weighted by atomic mass is 9.97. The fourth-order valence-corrected chi connectivity index (χ4v) is 2.55. The number of likely N-dealkylation sites (tertiary alicyclic amines) is 1. The molecule has 0 aromatic rings. The Labute approximate surface area is 98.0 Å². The Morgan fingerprint density at radius 3 is 3.00 bits per heavy atom. The number of rotatable bonds is 3. The van der Waals surface area contributed by atoms with Crippen LogP contribution in [0.15, 0.2) is 0 Å². The molecule has 2 rings (SSSR count). The van der Waals surface area contributed by atoms with Gasteiger partial charge in [0.05, 0.1) is 6.61 Å². The fraction of sp³-hybridized carbons (Fsp3) is 1.00. The van der Waals surface area contributed by atoms with Crippen molar-refractivity contribution in [2.24, 2.45) is 0 Å². The van der Waals surface area contributed by atoms with Crippen molar-refractivity contribution in [3.63, 3.8) is 0 Å². The van der Waals surface area contributed by atoms with E-state index in [1.807, 2.05) is 0 Å². The summed E-state index contributed by atoms with van der Waals surface area (Å²) in [5, 5.41) is 13.6. The molecule has 2 saturated heterocycles. The van der Waals surface area contributed by atoms with Gasteiger partial charge >= 0.3 is 0 Å². The first-order chi connectivity index (χ1) is 7.59. The molecule has 0 aromatic carbocycles. The second kappa shape index (κ2) is 5.00. The van der Waals surface area contributed by atoms with Gasteiger partial charge < -0.3 is 20.1 Å². The Balaban J connectivity index is 1.74. The van der Waals surface area contributed by atoms with Gasteiger partial charge in [-0.3, -0.25) is 0 Å². The highest BCUT2D eigenvalue weighted by atomic mass is 16.5. The van der Waals surface area contributed by atoms with Gasteiger partial charge in [-0.1, -0.05) is 0 Å². The third kappa shape index (κ3) is 2.94. The van der Waals surface area contributed by atoms with E-state index in [-0.39, 0.29) is 0 Å². The molecule has 2 N–H and O–H groups in total. The number of aliphatic hydroxyl groups is 1. The molecule has 2 fully saturated rings. The highest BCUT2D eigenvalue weighted by Crippen LogP contribution is 2.19. The first-order valence-corrected chi connectivity index (χ1v) is 6.33. The summed E-state index contributed by atoms with van der Waals surface area (Å²) in [5.41, 5.74) is -0.618. The summed E-state index contributed by atoms with van der Waals surface area (Å²) in [7, 11) is 2.18. The summed E-state index contributed by atoms with van der Waals surface area (Å²) in [6.45, 7) is 5.27. The number of piperidine rings is 1. The minimum Gasteiger partial charge on any atom is -0.386 e. The molecule has 4 nitrogen and oxygen atoms in total. The molecular formula is C12H24N2O2. The van der Waals surface area contributed by atoms with Gasteiger partial charge in [0.15, 0.2) is 0 Å². The van der Waals surface area contributed by atoms with E-state index in [2.05, 4.69) is 24.2 Å². The normalized spacial score (nSPS) is 41.4. The van der Waals surface area contributed by atoms with Crippen LogP contribution in [0.5, 0.6) is 0 Å². The van der Waals surface area contributed by atoms with E-state index >= 15 is 0 Å². The number of hydrogen-bond donors (Lipinski definition) is 2. The zero-order chi connectivity index (χ0) is 11.6. The zero-order valence-corrected chi connectivity index (χ0v) is 10.4. The summed E-state index contributed by atoms with van der Waals surface area (Å²) in [6, 6.07) is 1.19. The monoisotopic (exact) mass is 228 g/mol. The molecule has 3 unspecified atom stereocenters. The van der Waals surface area contributed by atoms with E-state index in [0.29, 0.717) is 31.8 Å². The Hall–Kier alpha value is -0.160. The van der Waals surface area contributed by atoms with E-state index in [4.69, 9.17) is 4.74 Å². The van der Waals surface area contributed by atoms with Crippen molar-refractivity contribution in [2.45, 2.75) is 43.9 Å². The molecule has 3 atom stereocenters. The molecular weight excluding hydrogens is 204 g/mol. The molecule has 0 aromatic heterocycles.